The Bertz CT molecular complexity index is 1380. The van der Waals surface area contributed by atoms with E-state index in [0.29, 0.717) is 5.56 Å². The fourth-order valence-corrected chi connectivity index (χ4v) is 4.79. The van der Waals surface area contributed by atoms with Crippen LogP contribution in [-0.4, -0.2) is 16.0 Å². The number of pyridine rings is 1. The van der Waals surface area contributed by atoms with Gasteiger partial charge >= 0.3 is 6.03 Å². The SMILES string of the molecule is CC1=C(c2nc(-c3ccc(C#N)cc3)cs2)C(c2ccnc3ccccc23)NC(=O)N1. The van der Waals surface area contributed by atoms with E-state index in [1.165, 1.54) is 11.3 Å². The molecule has 1 aliphatic rings. The van der Waals surface area contributed by atoms with E-state index in [2.05, 4.69) is 21.7 Å². The molecule has 6 nitrogen and oxygen atoms in total. The van der Waals surface area contributed by atoms with Crippen molar-refractivity contribution in [2.45, 2.75) is 13.0 Å². The molecule has 2 N–H and O–H groups in total. The van der Waals surface area contributed by atoms with Crippen molar-refractivity contribution < 1.29 is 4.79 Å². The summed E-state index contributed by atoms with van der Waals surface area (Å²) in [6.45, 7) is 1.90. The average molecular weight is 424 g/mol. The lowest BCUT2D eigenvalue weighted by Crippen LogP contribution is -2.43. The smallest absolute Gasteiger partial charge is 0.319 e. The molecule has 0 saturated carbocycles. The molecule has 0 aliphatic carbocycles. The minimum absolute atomic E-state index is 0.240. The first-order valence-electron chi connectivity index (χ1n) is 9.72. The van der Waals surface area contributed by atoms with Crippen LogP contribution in [0.3, 0.4) is 0 Å². The third-order valence-electron chi connectivity index (χ3n) is 5.31. The van der Waals surface area contributed by atoms with Gasteiger partial charge in [0.2, 0.25) is 0 Å². The second-order valence-corrected chi connectivity index (χ2v) is 8.07. The van der Waals surface area contributed by atoms with E-state index in [1.807, 2.05) is 54.8 Å². The number of benzene rings is 2. The van der Waals surface area contributed by atoms with E-state index in [4.69, 9.17) is 10.2 Å². The first-order valence-corrected chi connectivity index (χ1v) is 10.6. The summed E-state index contributed by atoms with van der Waals surface area (Å²) in [4.78, 5) is 21.7. The van der Waals surface area contributed by atoms with Crippen LogP contribution in [0.25, 0.3) is 27.7 Å². The number of carbonyl (C=O) groups excluding carboxylic acids is 1. The van der Waals surface area contributed by atoms with Crippen molar-refractivity contribution >= 4 is 33.8 Å². The highest BCUT2D eigenvalue weighted by Gasteiger charge is 2.30. The normalized spacial score (nSPS) is 16.0. The minimum Gasteiger partial charge on any atom is -0.327 e. The van der Waals surface area contributed by atoms with Gasteiger partial charge in [-0.05, 0) is 36.8 Å². The molecule has 0 radical (unpaired) electrons. The van der Waals surface area contributed by atoms with Gasteiger partial charge < -0.3 is 10.6 Å². The van der Waals surface area contributed by atoms with E-state index in [0.717, 1.165) is 44.0 Å². The number of thiazole rings is 1. The van der Waals surface area contributed by atoms with Crippen LogP contribution in [0, 0.1) is 11.3 Å². The molecule has 2 amide bonds. The Labute approximate surface area is 182 Å². The number of urea groups is 1. The van der Waals surface area contributed by atoms with Gasteiger partial charge in [0.05, 0.1) is 28.9 Å². The second-order valence-electron chi connectivity index (χ2n) is 7.21. The molecule has 5 rings (SSSR count). The van der Waals surface area contributed by atoms with Gasteiger partial charge in [0.1, 0.15) is 5.01 Å². The second kappa shape index (κ2) is 7.67. The lowest BCUT2D eigenvalue weighted by molar-refractivity contribution is 0.240. The molecule has 2 aromatic heterocycles. The van der Waals surface area contributed by atoms with E-state index in [1.54, 1.807) is 18.3 Å². The summed E-state index contributed by atoms with van der Waals surface area (Å²) < 4.78 is 0. The summed E-state index contributed by atoms with van der Waals surface area (Å²) in [6, 6.07) is 18.8. The maximum atomic E-state index is 12.3. The van der Waals surface area contributed by atoms with E-state index in [-0.39, 0.29) is 12.1 Å². The van der Waals surface area contributed by atoms with Crippen LogP contribution in [0.15, 0.2) is 71.9 Å². The average Bonchev–Trinajstić information content (AvgIpc) is 3.28. The summed E-state index contributed by atoms with van der Waals surface area (Å²) in [7, 11) is 0. The van der Waals surface area contributed by atoms with Crippen LogP contribution in [-0.2, 0) is 0 Å². The summed E-state index contributed by atoms with van der Waals surface area (Å²) in [5.74, 6) is 0. The number of hydrogen-bond acceptors (Lipinski definition) is 5. The first kappa shape index (κ1) is 19.0. The summed E-state index contributed by atoms with van der Waals surface area (Å²) >= 11 is 1.53. The number of amides is 2. The number of nitrogens with one attached hydrogen (secondary N) is 2. The standard InChI is InChI=1S/C24H17N5OS/c1-14-21(23-28-20(13-31-23)16-8-6-15(12-25)7-9-16)22(29-24(30)27-14)18-10-11-26-19-5-3-2-4-17(18)19/h2-11,13,22H,1H3,(H2,27,29,30). The molecule has 1 unspecified atom stereocenters. The molecule has 1 atom stereocenters. The van der Waals surface area contributed by atoms with Crippen molar-refractivity contribution in [3.05, 3.63) is 88.0 Å². The van der Waals surface area contributed by atoms with E-state index < -0.39 is 0 Å². The zero-order chi connectivity index (χ0) is 21.4. The molecule has 0 spiro atoms. The Morgan fingerprint density at radius 2 is 1.90 bits per heavy atom. The molecule has 4 aromatic rings. The van der Waals surface area contributed by atoms with Gasteiger partial charge in [0.15, 0.2) is 0 Å². The van der Waals surface area contributed by atoms with Gasteiger partial charge in [-0.2, -0.15) is 5.26 Å². The molecule has 2 aromatic carbocycles. The van der Waals surface area contributed by atoms with Crippen molar-refractivity contribution in [1.29, 1.82) is 5.26 Å². The van der Waals surface area contributed by atoms with Crippen molar-refractivity contribution in [2.75, 3.05) is 0 Å². The number of carbonyl (C=O) groups is 1. The van der Waals surface area contributed by atoms with Gasteiger partial charge in [0, 0.05) is 33.8 Å². The van der Waals surface area contributed by atoms with E-state index in [9.17, 15) is 4.79 Å². The minimum atomic E-state index is -0.346. The largest absolute Gasteiger partial charge is 0.327 e. The number of nitrogens with zero attached hydrogens (tertiary/aromatic N) is 3. The van der Waals surface area contributed by atoms with Gasteiger partial charge in [-0.1, -0.05) is 30.3 Å². The van der Waals surface area contributed by atoms with Crippen LogP contribution in [0.5, 0.6) is 0 Å². The molecule has 31 heavy (non-hydrogen) atoms. The first-order chi connectivity index (χ1) is 15.1. The molecule has 7 heteroatoms. The van der Waals surface area contributed by atoms with Gasteiger partial charge in [-0.3, -0.25) is 4.98 Å². The number of para-hydroxylation sites is 1. The summed E-state index contributed by atoms with van der Waals surface area (Å²) in [6.07, 6.45) is 1.77. The predicted molar refractivity (Wildman–Crippen MR) is 121 cm³/mol. The summed E-state index contributed by atoms with van der Waals surface area (Å²) in [5.41, 5.74) is 5.95. The fraction of sp³-hybridized carbons (Fsp3) is 0.0833. The lowest BCUT2D eigenvalue weighted by atomic mass is 9.93. The zero-order valence-corrected chi connectivity index (χ0v) is 17.4. The quantitative estimate of drug-likeness (QED) is 0.484. The van der Waals surface area contributed by atoms with Crippen LogP contribution in [0.4, 0.5) is 4.79 Å². The number of nitriles is 1. The maximum absolute atomic E-state index is 12.3. The highest BCUT2D eigenvalue weighted by Crippen LogP contribution is 2.39. The third kappa shape index (κ3) is 3.43. The van der Waals surface area contributed by atoms with Crippen LogP contribution in [0.1, 0.15) is 29.1 Å². The van der Waals surface area contributed by atoms with Crippen molar-refractivity contribution in [3.63, 3.8) is 0 Å². The predicted octanol–water partition coefficient (Wildman–Crippen LogP) is 5.02. The number of fused-ring (bicyclic) bond motifs is 1. The molecule has 3 heterocycles. The van der Waals surface area contributed by atoms with Crippen molar-refractivity contribution in [1.82, 2.24) is 20.6 Å². The molecular weight excluding hydrogens is 406 g/mol. The Hall–Kier alpha value is -4.02. The molecular formula is C24H17N5OS. The molecule has 1 aliphatic heterocycles. The van der Waals surface area contributed by atoms with Crippen molar-refractivity contribution in [3.8, 4) is 17.3 Å². The monoisotopic (exact) mass is 423 g/mol. The Morgan fingerprint density at radius 3 is 2.71 bits per heavy atom. The van der Waals surface area contributed by atoms with Gasteiger partial charge in [-0.15, -0.1) is 11.3 Å². The maximum Gasteiger partial charge on any atom is 0.319 e. The van der Waals surface area contributed by atoms with Crippen LogP contribution >= 0.6 is 11.3 Å². The highest BCUT2D eigenvalue weighted by atomic mass is 32.1. The Morgan fingerprint density at radius 1 is 1.10 bits per heavy atom. The highest BCUT2D eigenvalue weighted by molar-refractivity contribution is 7.11. The Kier molecular flexibility index (Phi) is 4.69. The van der Waals surface area contributed by atoms with Crippen LogP contribution in [0.2, 0.25) is 0 Å². The number of rotatable bonds is 3. The third-order valence-corrected chi connectivity index (χ3v) is 6.18. The molecule has 0 saturated heterocycles. The zero-order valence-electron chi connectivity index (χ0n) is 16.6. The molecule has 0 fully saturated rings. The Balaban J connectivity index is 1.61. The van der Waals surface area contributed by atoms with Gasteiger partial charge in [0.25, 0.3) is 0 Å². The lowest BCUT2D eigenvalue weighted by Gasteiger charge is -2.29. The number of hydrogen-bond donors (Lipinski definition) is 2. The summed E-state index contributed by atoms with van der Waals surface area (Å²) in [5, 5.41) is 18.8. The molecule has 0 bridgehead atoms. The van der Waals surface area contributed by atoms with Crippen LogP contribution < -0.4 is 10.6 Å². The molecule has 150 valence electrons. The topological polar surface area (TPSA) is 90.7 Å². The number of aromatic nitrogens is 2. The van der Waals surface area contributed by atoms with Crippen molar-refractivity contribution in [2.24, 2.45) is 0 Å². The number of allylic oxidation sites excluding steroid dienone is 1. The van der Waals surface area contributed by atoms with E-state index >= 15 is 0 Å². The fourth-order valence-electron chi connectivity index (χ4n) is 3.83. The van der Waals surface area contributed by atoms with Gasteiger partial charge in [-0.25, -0.2) is 9.78 Å².